The molecule has 0 radical (unpaired) electrons. The number of ether oxygens (including phenoxy) is 1. The lowest BCUT2D eigenvalue weighted by Gasteiger charge is -2.36. The van der Waals surface area contributed by atoms with Gasteiger partial charge in [-0.15, -0.1) is 5.10 Å². The number of rotatable bonds is 2. The highest BCUT2D eigenvalue weighted by atomic mass is 16.5. The summed E-state index contributed by atoms with van der Waals surface area (Å²) < 4.78 is 7.54. The fourth-order valence-corrected chi connectivity index (χ4v) is 3.80. The van der Waals surface area contributed by atoms with Crippen LogP contribution >= 0.6 is 0 Å². The predicted molar refractivity (Wildman–Crippen MR) is 105 cm³/mol. The first-order chi connectivity index (χ1) is 13.8. The van der Waals surface area contributed by atoms with Gasteiger partial charge in [-0.1, -0.05) is 18.2 Å². The molecule has 28 heavy (non-hydrogen) atoms. The molecule has 0 spiro atoms. The molecule has 1 N–H and O–H groups in total. The third-order valence-electron chi connectivity index (χ3n) is 5.34. The maximum absolute atomic E-state index is 12.7. The highest BCUT2D eigenvalue weighted by Gasteiger charge is 2.26. The minimum Gasteiger partial charge on any atom is -0.491 e. The van der Waals surface area contributed by atoms with Gasteiger partial charge in [0.25, 0.3) is 0 Å². The minimum atomic E-state index is -0.0225. The van der Waals surface area contributed by atoms with Crippen LogP contribution in [0.25, 0.3) is 5.65 Å². The largest absolute Gasteiger partial charge is 0.491 e. The molecule has 2 aliphatic heterocycles. The van der Waals surface area contributed by atoms with E-state index < -0.39 is 0 Å². The third-order valence-corrected chi connectivity index (χ3v) is 5.34. The number of amides is 2. The molecule has 4 heterocycles. The van der Waals surface area contributed by atoms with Crippen molar-refractivity contribution in [3.63, 3.8) is 0 Å². The van der Waals surface area contributed by atoms with Gasteiger partial charge in [0, 0.05) is 38.6 Å². The third kappa shape index (κ3) is 3.21. The molecule has 0 aliphatic carbocycles. The number of nitrogens with zero attached hydrogens (tertiary/aromatic N) is 5. The van der Waals surface area contributed by atoms with Crippen molar-refractivity contribution in [3.8, 4) is 5.75 Å². The predicted octanol–water partition coefficient (Wildman–Crippen LogP) is 1.56. The number of urea groups is 1. The molecule has 0 unspecified atom stereocenters. The molecule has 8 nitrogen and oxygen atoms in total. The zero-order chi connectivity index (χ0) is 18.9. The molecule has 1 atom stereocenters. The molecule has 2 aliphatic rings. The number of fused-ring (bicyclic) bond motifs is 2. The molecule has 144 valence electrons. The van der Waals surface area contributed by atoms with E-state index >= 15 is 0 Å². The molecule has 2 amide bonds. The first-order valence-corrected chi connectivity index (χ1v) is 9.58. The van der Waals surface area contributed by atoms with E-state index in [1.54, 1.807) is 10.7 Å². The highest BCUT2D eigenvalue weighted by molar-refractivity contribution is 5.75. The highest BCUT2D eigenvalue weighted by Crippen LogP contribution is 2.24. The van der Waals surface area contributed by atoms with Crippen LogP contribution < -0.4 is 15.0 Å². The van der Waals surface area contributed by atoms with E-state index in [1.165, 1.54) is 0 Å². The van der Waals surface area contributed by atoms with E-state index in [-0.39, 0.29) is 12.1 Å². The number of nitrogens with one attached hydrogen (secondary N) is 1. The molecule has 0 saturated carbocycles. The van der Waals surface area contributed by atoms with Crippen LogP contribution in [-0.4, -0.2) is 64.4 Å². The maximum Gasteiger partial charge on any atom is 0.317 e. The van der Waals surface area contributed by atoms with Crippen molar-refractivity contribution in [2.24, 2.45) is 0 Å². The Morgan fingerprint density at radius 2 is 1.96 bits per heavy atom. The van der Waals surface area contributed by atoms with Gasteiger partial charge in [0.15, 0.2) is 5.65 Å². The van der Waals surface area contributed by atoms with Crippen LogP contribution in [0.15, 0.2) is 48.8 Å². The first-order valence-electron chi connectivity index (χ1n) is 9.58. The number of benzene rings is 1. The van der Waals surface area contributed by atoms with Gasteiger partial charge in [0.2, 0.25) is 0 Å². The number of carbonyl (C=O) groups is 1. The standard InChI is InChI=1S/C20H22N6O2/c27-20(22-16-13-15-3-1-2-4-17(15)28-14-16)25-11-9-24(10-12-25)19-6-5-18-21-7-8-26(18)23-19/h1-8,16H,9-14H2,(H,22,27)/t16-/m1/s1. The van der Waals surface area contributed by atoms with Crippen molar-refractivity contribution in [2.45, 2.75) is 12.5 Å². The fourth-order valence-electron chi connectivity index (χ4n) is 3.80. The summed E-state index contributed by atoms with van der Waals surface area (Å²) in [4.78, 5) is 21.0. The Morgan fingerprint density at radius 1 is 1.11 bits per heavy atom. The topological polar surface area (TPSA) is 75.0 Å². The number of imidazole rings is 1. The number of hydrogen-bond acceptors (Lipinski definition) is 5. The van der Waals surface area contributed by atoms with E-state index in [9.17, 15) is 4.79 Å². The molecule has 5 rings (SSSR count). The monoisotopic (exact) mass is 378 g/mol. The quantitative estimate of drug-likeness (QED) is 0.733. The SMILES string of the molecule is O=C(N[C@H]1COc2ccccc2C1)N1CCN(c2ccc3nccn3n2)CC1. The van der Waals surface area contributed by atoms with E-state index in [0.29, 0.717) is 19.7 Å². The number of piperazine rings is 1. The molecule has 3 aromatic rings. The Balaban J connectivity index is 1.17. The smallest absolute Gasteiger partial charge is 0.317 e. The maximum atomic E-state index is 12.7. The van der Waals surface area contributed by atoms with Crippen molar-refractivity contribution in [3.05, 3.63) is 54.4 Å². The van der Waals surface area contributed by atoms with Gasteiger partial charge in [-0.05, 0) is 30.2 Å². The summed E-state index contributed by atoms with van der Waals surface area (Å²) in [7, 11) is 0. The fraction of sp³-hybridized carbons (Fsp3) is 0.350. The summed E-state index contributed by atoms with van der Waals surface area (Å²) in [6.45, 7) is 3.35. The Kier molecular flexibility index (Phi) is 4.23. The lowest BCUT2D eigenvalue weighted by molar-refractivity contribution is 0.178. The van der Waals surface area contributed by atoms with Crippen molar-refractivity contribution in [2.75, 3.05) is 37.7 Å². The van der Waals surface area contributed by atoms with Gasteiger partial charge in [-0.2, -0.15) is 0 Å². The number of hydrogen-bond donors (Lipinski definition) is 1. The Bertz CT molecular complexity index is 995. The number of aromatic nitrogens is 3. The zero-order valence-corrected chi connectivity index (χ0v) is 15.5. The number of carbonyl (C=O) groups excluding carboxylic acids is 1. The number of para-hydroxylation sites is 1. The lowest BCUT2D eigenvalue weighted by Crippen LogP contribution is -2.55. The minimum absolute atomic E-state index is 0.00532. The van der Waals surface area contributed by atoms with Crippen LogP contribution in [-0.2, 0) is 6.42 Å². The van der Waals surface area contributed by atoms with Crippen LogP contribution in [0.5, 0.6) is 5.75 Å². The summed E-state index contributed by atoms with van der Waals surface area (Å²) in [6, 6.07) is 11.9. The van der Waals surface area contributed by atoms with Crippen LogP contribution in [0.2, 0.25) is 0 Å². The normalized spacial score (nSPS) is 19.2. The van der Waals surface area contributed by atoms with Crippen molar-refractivity contribution in [1.82, 2.24) is 24.8 Å². The van der Waals surface area contributed by atoms with Gasteiger partial charge in [-0.25, -0.2) is 14.3 Å². The second-order valence-electron chi connectivity index (χ2n) is 7.16. The van der Waals surface area contributed by atoms with E-state index in [2.05, 4.69) is 26.4 Å². The van der Waals surface area contributed by atoms with Gasteiger partial charge >= 0.3 is 6.03 Å². The van der Waals surface area contributed by atoms with E-state index in [1.807, 2.05) is 41.4 Å². The van der Waals surface area contributed by atoms with Crippen molar-refractivity contribution in [1.29, 1.82) is 0 Å². The Morgan fingerprint density at radius 3 is 2.86 bits per heavy atom. The van der Waals surface area contributed by atoms with E-state index in [4.69, 9.17) is 4.74 Å². The number of anilines is 1. The molecule has 1 saturated heterocycles. The first kappa shape index (κ1) is 16.9. The molecular formula is C20H22N6O2. The van der Waals surface area contributed by atoms with Gasteiger partial charge in [0.1, 0.15) is 18.2 Å². The van der Waals surface area contributed by atoms with Gasteiger partial charge in [-0.3, -0.25) is 0 Å². The summed E-state index contributed by atoms with van der Waals surface area (Å²) in [5.74, 6) is 1.83. The molecular weight excluding hydrogens is 356 g/mol. The van der Waals surface area contributed by atoms with Crippen molar-refractivity contribution >= 4 is 17.5 Å². The van der Waals surface area contributed by atoms with Crippen LogP contribution in [0.4, 0.5) is 10.6 Å². The zero-order valence-electron chi connectivity index (χ0n) is 15.5. The molecule has 8 heteroatoms. The molecule has 2 aromatic heterocycles. The second-order valence-corrected chi connectivity index (χ2v) is 7.16. The average Bonchev–Trinajstić information content (AvgIpc) is 3.21. The summed E-state index contributed by atoms with van der Waals surface area (Å²) in [5, 5.41) is 7.71. The van der Waals surface area contributed by atoms with E-state index in [0.717, 1.165) is 42.3 Å². The average molecular weight is 378 g/mol. The van der Waals surface area contributed by atoms with Crippen molar-refractivity contribution < 1.29 is 9.53 Å². The molecule has 1 fully saturated rings. The molecule has 0 bridgehead atoms. The Hall–Kier alpha value is -3.29. The van der Waals surface area contributed by atoms with Gasteiger partial charge < -0.3 is 19.9 Å². The lowest BCUT2D eigenvalue weighted by atomic mass is 10.0. The van der Waals surface area contributed by atoms with Crippen LogP contribution in [0.1, 0.15) is 5.56 Å². The second kappa shape index (κ2) is 7.03. The van der Waals surface area contributed by atoms with Crippen LogP contribution in [0.3, 0.4) is 0 Å². The summed E-state index contributed by atoms with van der Waals surface area (Å²) in [5.41, 5.74) is 1.97. The van der Waals surface area contributed by atoms with Crippen LogP contribution in [0, 0.1) is 0 Å². The summed E-state index contributed by atoms with van der Waals surface area (Å²) >= 11 is 0. The Labute approximate surface area is 162 Å². The molecule has 1 aromatic carbocycles. The summed E-state index contributed by atoms with van der Waals surface area (Å²) in [6.07, 6.45) is 4.38. The van der Waals surface area contributed by atoms with Gasteiger partial charge in [0.05, 0.1) is 6.04 Å².